The molecule has 0 aliphatic carbocycles. The highest BCUT2D eigenvalue weighted by molar-refractivity contribution is 14.1. The second-order valence-electron chi connectivity index (χ2n) is 6.04. The Hall–Kier alpha value is -2.68. The number of nitrogens with one attached hydrogen (secondary N) is 1. The van der Waals surface area contributed by atoms with Crippen molar-refractivity contribution in [1.29, 1.82) is 0 Å². The van der Waals surface area contributed by atoms with Crippen LogP contribution in [0.25, 0.3) is 10.9 Å². The number of hydrogen-bond donors (Lipinski definition) is 1. The number of fused-ring (bicyclic) bond motifs is 1. The fourth-order valence-electron chi connectivity index (χ4n) is 2.90. The van der Waals surface area contributed by atoms with Gasteiger partial charge in [0.1, 0.15) is 5.56 Å². The number of aryl methyl sites for hydroxylation is 1. The molecule has 0 aliphatic rings. The molecule has 3 aromatic rings. The molecule has 28 heavy (non-hydrogen) atoms. The summed E-state index contributed by atoms with van der Waals surface area (Å²) in [5.41, 5.74) is 3.50. The molecule has 0 fully saturated rings. The number of aromatic nitrogens is 1. The number of pyridine rings is 1. The van der Waals surface area contributed by atoms with E-state index in [1.54, 1.807) is 19.1 Å². The Morgan fingerprint density at radius 1 is 1.14 bits per heavy atom. The van der Waals surface area contributed by atoms with E-state index in [1.165, 1.54) is 13.3 Å². The van der Waals surface area contributed by atoms with Gasteiger partial charge < -0.3 is 14.8 Å². The Balaban J connectivity index is 2.24. The van der Waals surface area contributed by atoms with Crippen molar-refractivity contribution in [3.05, 3.63) is 62.9 Å². The topological polar surface area (TPSA) is 77.5 Å². The number of rotatable bonds is 5. The number of carbonyl (C=O) groups is 2. The third-order valence-corrected chi connectivity index (χ3v) is 4.92. The zero-order chi connectivity index (χ0) is 20.3. The normalized spacial score (nSPS) is 10.6. The second kappa shape index (κ2) is 8.55. The lowest BCUT2D eigenvalue weighted by atomic mass is 10.0. The van der Waals surface area contributed by atoms with Gasteiger partial charge in [-0.15, -0.1) is 0 Å². The van der Waals surface area contributed by atoms with Gasteiger partial charge in [0.05, 0.1) is 30.5 Å². The maximum atomic E-state index is 12.5. The summed E-state index contributed by atoms with van der Waals surface area (Å²) >= 11 is 2.25. The molecule has 144 valence electrons. The SMILES string of the molecule is CCOC(=O)c1cnc2c(C(=O)OC)cccc2c1Nc1ccc(I)cc1C. The van der Waals surface area contributed by atoms with Gasteiger partial charge in [-0.05, 0) is 66.3 Å². The molecule has 0 saturated carbocycles. The van der Waals surface area contributed by atoms with E-state index in [4.69, 9.17) is 9.47 Å². The van der Waals surface area contributed by atoms with Crippen LogP contribution in [0, 0.1) is 10.5 Å². The predicted octanol–water partition coefficient (Wildman–Crippen LogP) is 4.85. The van der Waals surface area contributed by atoms with E-state index in [2.05, 4.69) is 32.9 Å². The summed E-state index contributed by atoms with van der Waals surface area (Å²) in [5.74, 6) is -0.968. The maximum absolute atomic E-state index is 12.5. The van der Waals surface area contributed by atoms with Crippen LogP contribution in [0.2, 0.25) is 0 Å². The maximum Gasteiger partial charge on any atom is 0.341 e. The van der Waals surface area contributed by atoms with Gasteiger partial charge in [0.2, 0.25) is 0 Å². The Kier molecular flexibility index (Phi) is 6.13. The minimum absolute atomic E-state index is 0.251. The van der Waals surface area contributed by atoms with Crippen LogP contribution in [-0.2, 0) is 9.47 Å². The quantitative estimate of drug-likeness (QED) is 0.407. The van der Waals surface area contributed by atoms with Gasteiger partial charge in [0, 0.05) is 20.8 Å². The molecular weight excluding hydrogens is 471 g/mol. The number of benzene rings is 2. The molecule has 0 amide bonds. The molecule has 0 bridgehead atoms. The number of anilines is 2. The molecule has 0 atom stereocenters. The van der Waals surface area contributed by atoms with Crippen molar-refractivity contribution >= 4 is 56.8 Å². The number of esters is 2. The predicted molar refractivity (Wildman–Crippen MR) is 116 cm³/mol. The van der Waals surface area contributed by atoms with Crippen molar-refractivity contribution in [2.45, 2.75) is 13.8 Å². The molecule has 0 radical (unpaired) electrons. The number of halogens is 1. The molecule has 1 N–H and O–H groups in total. The van der Waals surface area contributed by atoms with Gasteiger partial charge in [-0.3, -0.25) is 4.98 Å². The van der Waals surface area contributed by atoms with Crippen LogP contribution in [0.1, 0.15) is 33.2 Å². The van der Waals surface area contributed by atoms with E-state index in [1.807, 2.05) is 31.2 Å². The second-order valence-corrected chi connectivity index (χ2v) is 7.29. The molecular formula is C21H19IN2O4. The summed E-state index contributed by atoms with van der Waals surface area (Å²) < 4.78 is 11.2. The van der Waals surface area contributed by atoms with Crippen LogP contribution in [0.3, 0.4) is 0 Å². The molecule has 0 saturated heterocycles. The standard InChI is InChI=1S/C21H19IN2O4/c1-4-28-21(26)16-11-23-18-14(6-5-7-15(18)20(25)27-3)19(16)24-17-9-8-13(22)10-12(17)2/h5-11H,4H2,1-3H3,(H,23,24). The van der Waals surface area contributed by atoms with Crippen molar-refractivity contribution in [1.82, 2.24) is 4.98 Å². The summed E-state index contributed by atoms with van der Waals surface area (Å²) in [6.45, 7) is 3.98. The molecule has 0 unspecified atom stereocenters. The zero-order valence-electron chi connectivity index (χ0n) is 15.7. The molecule has 1 aromatic heterocycles. The molecule has 0 spiro atoms. The van der Waals surface area contributed by atoms with Gasteiger partial charge in [-0.2, -0.15) is 0 Å². The molecule has 3 rings (SSSR count). The van der Waals surface area contributed by atoms with Crippen LogP contribution in [-0.4, -0.2) is 30.6 Å². The van der Waals surface area contributed by atoms with Crippen LogP contribution in [0.4, 0.5) is 11.4 Å². The summed E-state index contributed by atoms with van der Waals surface area (Å²) in [6, 6.07) is 11.1. The van der Waals surface area contributed by atoms with E-state index in [9.17, 15) is 9.59 Å². The number of ether oxygens (including phenoxy) is 2. The third kappa shape index (κ3) is 3.94. The average molecular weight is 490 g/mol. The first-order chi connectivity index (χ1) is 13.5. The van der Waals surface area contributed by atoms with Crippen LogP contribution < -0.4 is 5.32 Å². The number of nitrogens with zero attached hydrogens (tertiary/aromatic N) is 1. The average Bonchev–Trinajstić information content (AvgIpc) is 2.69. The summed E-state index contributed by atoms with van der Waals surface area (Å²) in [4.78, 5) is 29.0. The Morgan fingerprint density at radius 2 is 1.93 bits per heavy atom. The lowest BCUT2D eigenvalue weighted by molar-refractivity contribution is 0.0526. The number of carbonyl (C=O) groups excluding carboxylic acids is 2. The highest BCUT2D eigenvalue weighted by Gasteiger charge is 2.20. The van der Waals surface area contributed by atoms with Crippen LogP contribution in [0.5, 0.6) is 0 Å². The molecule has 2 aromatic carbocycles. The fraction of sp³-hybridized carbons (Fsp3) is 0.190. The number of hydrogen-bond acceptors (Lipinski definition) is 6. The fourth-order valence-corrected chi connectivity index (χ4v) is 3.54. The van der Waals surface area contributed by atoms with E-state index in [-0.39, 0.29) is 6.61 Å². The summed E-state index contributed by atoms with van der Waals surface area (Å²) in [5, 5.41) is 3.97. The van der Waals surface area contributed by atoms with E-state index < -0.39 is 11.9 Å². The van der Waals surface area contributed by atoms with E-state index in [0.29, 0.717) is 27.7 Å². The molecule has 1 heterocycles. The highest BCUT2D eigenvalue weighted by atomic mass is 127. The van der Waals surface area contributed by atoms with E-state index in [0.717, 1.165) is 14.8 Å². The minimum atomic E-state index is -0.488. The smallest absolute Gasteiger partial charge is 0.341 e. The van der Waals surface area contributed by atoms with Crippen molar-refractivity contribution < 1.29 is 19.1 Å². The first-order valence-corrected chi connectivity index (χ1v) is 9.74. The minimum Gasteiger partial charge on any atom is -0.465 e. The Bertz CT molecular complexity index is 1070. The van der Waals surface area contributed by atoms with E-state index >= 15 is 0 Å². The van der Waals surface area contributed by atoms with Crippen LogP contribution in [0.15, 0.2) is 42.6 Å². The lowest BCUT2D eigenvalue weighted by Gasteiger charge is -2.16. The van der Waals surface area contributed by atoms with Crippen molar-refractivity contribution in [3.8, 4) is 0 Å². The monoisotopic (exact) mass is 490 g/mol. The van der Waals surface area contributed by atoms with Crippen molar-refractivity contribution in [2.75, 3.05) is 19.0 Å². The largest absolute Gasteiger partial charge is 0.465 e. The van der Waals surface area contributed by atoms with Crippen LogP contribution >= 0.6 is 22.6 Å². The van der Waals surface area contributed by atoms with Crippen molar-refractivity contribution in [2.24, 2.45) is 0 Å². The Labute approximate surface area is 176 Å². The molecule has 0 aliphatic heterocycles. The number of para-hydroxylation sites is 1. The molecule has 6 nitrogen and oxygen atoms in total. The third-order valence-electron chi connectivity index (χ3n) is 4.25. The Morgan fingerprint density at radius 3 is 2.61 bits per heavy atom. The van der Waals surface area contributed by atoms with Crippen molar-refractivity contribution in [3.63, 3.8) is 0 Å². The van der Waals surface area contributed by atoms with Gasteiger partial charge in [-0.1, -0.05) is 12.1 Å². The van der Waals surface area contributed by atoms with Gasteiger partial charge in [0.25, 0.3) is 0 Å². The zero-order valence-corrected chi connectivity index (χ0v) is 17.9. The summed E-state index contributed by atoms with van der Waals surface area (Å²) in [6.07, 6.45) is 1.43. The van der Waals surface area contributed by atoms with Gasteiger partial charge in [-0.25, -0.2) is 9.59 Å². The lowest BCUT2D eigenvalue weighted by Crippen LogP contribution is -2.11. The summed E-state index contributed by atoms with van der Waals surface area (Å²) in [7, 11) is 1.32. The molecule has 7 heteroatoms. The number of methoxy groups -OCH3 is 1. The van der Waals surface area contributed by atoms with Gasteiger partial charge in [0.15, 0.2) is 0 Å². The first kappa shape index (κ1) is 20.1. The highest BCUT2D eigenvalue weighted by Crippen LogP contribution is 2.32. The first-order valence-electron chi connectivity index (χ1n) is 8.66. The van der Waals surface area contributed by atoms with Gasteiger partial charge >= 0.3 is 11.9 Å².